The van der Waals surface area contributed by atoms with E-state index < -0.39 is 0 Å². The van der Waals surface area contributed by atoms with Crippen molar-refractivity contribution in [2.24, 2.45) is 0 Å². The average Bonchev–Trinajstić information content (AvgIpc) is 3.08. The van der Waals surface area contributed by atoms with Gasteiger partial charge in [-0.15, -0.1) is 0 Å². The summed E-state index contributed by atoms with van der Waals surface area (Å²) in [5, 5.41) is 0. The third-order valence-electron chi connectivity index (χ3n) is 4.06. The Morgan fingerprint density at radius 2 is 2.12 bits per heavy atom. The van der Waals surface area contributed by atoms with Gasteiger partial charge in [0.05, 0.1) is 0 Å². The Morgan fingerprint density at radius 3 is 2.82 bits per heavy atom. The van der Waals surface area contributed by atoms with Gasteiger partial charge >= 0.3 is 0 Å². The fourth-order valence-electron chi connectivity index (χ4n) is 2.73. The number of aldehydes is 1. The molecule has 0 bridgehead atoms. The van der Waals surface area contributed by atoms with Crippen molar-refractivity contribution in [3.05, 3.63) is 34.9 Å². The van der Waals surface area contributed by atoms with Gasteiger partial charge in [-0.05, 0) is 35.4 Å². The van der Waals surface area contributed by atoms with Crippen molar-refractivity contribution in [3.63, 3.8) is 0 Å². The van der Waals surface area contributed by atoms with Crippen LogP contribution in [0.15, 0.2) is 18.2 Å². The normalized spacial score (nSPS) is 21.2. The molecule has 1 aliphatic carbocycles. The molecule has 1 aromatic carbocycles. The van der Waals surface area contributed by atoms with Crippen molar-refractivity contribution >= 4 is 6.29 Å². The molecule has 0 aromatic heterocycles. The summed E-state index contributed by atoms with van der Waals surface area (Å²) in [7, 11) is 0. The zero-order valence-corrected chi connectivity index (χ0v) is 10.4. The second-order valence-electron chi connectivity index (χ2n) is 5.47. The van der Waals surface area contributed by atoms with Crippen LogP contribution < -0.4 is 0 Å². The van der Waals surface area contributed by atoms with Crippen LogP contribution in [0.4, 0.5) is 0 Å². The van der Waals surface area contributed by atoms with E-state index in [0.29, 0.717) is 12.3 Å². The van der Waals surface area contributed by atoms with E-state index in [2.05, 4.69) is 30.0 Å². The van der Waals surface area contributed by atoms with Gasteiger partial charge in [-0.25, -0.2) is 0 Å². The molecular weight excluding hydrogens is 210 g/mol. The van der Waals surface area contributed by atoms with Crippen LogP contribution in [-0.4, -0.2) is 17.2 Å². The summed E-state index contributed by atoms with van der Waals surface area (Å²) in [5.74, 6) is 0.354. The number of hydrogen-bond donors (Lipinski definition) is 0. The van der Waals surface area contributed by atoms with Crippen LogP contribution in [0.25, 0.3) is 0 Å². The first kappa shape index (κ1) is 11.0. The fraction of sp³-hybridized carbons (Fsp3) is 0.533. The highest BCUT2D eigenvalue weighted by atomic mass is 16.1. The van der Waals surface area contributed by atoms with Gasteiger partial charge in [-0.2, -0.15) is 0 Å². The Balaban J connectivity index is 1.78. The Labute approximate surface area is 103 Å². The quantitative estimate of drug-likeness (QED) is 0.740. The number of rotatable bonds is 4. The summed E-state index contributed by atoms with van der Waals surface area (Å²) >= 11 is 0. The predicted octanol–water partition coefficient (Wildman–Crippen LogP) is 2.86. The molecule has 0 saturated heterocycles. The topological polar surface area (TPSA) is 20.3 Å². The summed E-state index contributed by atoms with van der Waals surface area (Å²) in [6.45, 7) is 4.37. The van der Waals surface area contributed by atoms with E-state index >= 15 is 0 Å². The van der Waals surface area contributed by atoms with Gasteiger partial charge in [0.25, 0.3) is 0 Å². The largest absolute Gasteiger partial charge is 0.303 e. The zero-order chi connectivity index (χ0) is 11.8. The number of benzene rings is 1. The molecule has 1 heterocycles. The van der Waals surface area contributed by atoms with Gasteiger partial charge < -0.3 is 4.79 Å². The van der Waals surface area contributed by atoms with Crippen LogP contribution in [0.3, 0.4) is 0 Å². The first-order valence-electron chi connectivity index (χ1n) is 6.57. The summed E-state index contributed by atoms with van der Waals surface area (Å²) in [4.78, 5) is 13.1. The van der Waals surface area contributed by atoms with E-state index in [1.807, 2.05) is 0 Å². The molecule has 17 heavy (non-hydrogen) atoms. The van der Waals surface area contributed by atoms with E-state index in [9.17, 15) is 4.79 Å². The van der Waals surface area contributed by atoms with Crippen molar-refractivity contribution in [2.75, 3.05) is 0 Å². The second-order valence-corrected chi connectivity index (χ2v) is 5.47. The molecule has 1 saturated carbocycles. The maximum absolute atomic E-state index is 10.6. The van der Waals surface area contributed by atoms with Crippen LogP contribution >= 0.6 is 0 Å². The molecule has 2 aliphatic rings. The molecule has 2 nitrogen and oxygen atoms in total. The molecular formula is C15H19NO. The smallest absolute Gasteiger partial charge is 0.120 e. The van der Waals surface area contributed by atoms with E-state index in [1.54, 1.807) is 0 Å². The van der Waals surface area contributed by atoms with Crippen molar-refractivity contribution in [1.29, 1.82) is 0 Å². The van der Waals surface area contributed by atoms with E-state index in [4.69, 9.17) is 0 Å². The van der Waals surface area contributed by atoms with Gasteiger partial charge in [-0.1, -0.05) is 25.1 Å². The highest BCUT2D eigenvalue weighted by Gasteiger charge is 2.32. The minimum Gasteiger partial charge on any atom is -0.303 e. The lowest BCUT2D eigenvalue weighted by Crippen LogP contribution is -2.18. The summed E-state index contributed by atoms with van der Waals surface area (Å²) in [6, 6.07) is 7.61. The zero-order valence-electron chi connectivity index (χ0n) is 10.4. The Bertz CT molecular complexity index is 437. The van der Waals surface area contributed by atoms with Crippen LogP contribution in [0.5, 0.6) is 0 Å². The molecule has 1 fully saturated rings. The van der Waals surface area contributed by atoms with Gasteiger partial charge in [0.1, 0.15) is 6.29 Å². The summed E-state index contributed by atoms with van der Waals surface area (Å²) in [6.07, 6.45) is 4.41. The lowest BCUT2D eigenvalue weighted by atomic mass is 9.95. The molecule has 1 atom stereocenters. The minimum atomic E-state index is 0.354. The molecule has 0 N–H and O–H groups in total. The van der Waals surface area contributed by atoms with Gasteiger partial charge in [0, 0.05) is 25.6 Å². The van der Waals surface area contributed by atoms with Crippen LogP contribution in [-0.2, 0) is 17.9 Å². The summed E-state index contributed by atoms with van der Waals surface area (Å²) in [5.41, 5.74) is 4.28. The van der Waals surface area contributed by atoms with Crippen molar-refractivity contribution in [2.45, 2.75) is 51.2 Å². The Morgan fingerprint density at radius 1 is 1.35 bits per heavy atom. The number of nitrogens with zero attached hydrogens (tertiary/aromatic N) is 1. The number of carbonyl (C=O) groups is 1. The van der Waals surface area contributed by atoms with Crippen molar-refractivity contribution in [1.82, 2.24) is 4.90 Å². The third-order valence-corrected chi connectivity index (χ3v) is 4.06. The van der Waals surface area contributed by atoms with Crippen molar-refractivity contribution in [3.8, 4) is 0 Å². The monoisotopic (exact) mass is 229 g/mol. The highest BCUT2D eigenvalue weighted by molar-refractivity contribution is 5.52. The van der Waals surface area contributed by atoms with E-state index in [-0.39, 0.29) is 0 Å². The molecule has 90 valence electrons. The van der Waals surface area contributed by atoms with E-state index in [0.717, 1.165) is 25.4 Å². The molecule has 0 radical (unpaired) electrons. The first-order valence-corrected chi connectivity index (χ1v) is 6.57. The Kier molecular flexibility index (Phi) is 2.75. The van der Waals surface area contributed by atoms with Gasteiger partial charge in [0.2, 0.25) is 0 Å². The maximum atomic E-state index is 10.6. The predicted molar refractivity (Wildman–Crippen MR) is 67.8 cm³/mol. The van der Waals surface area contributed by atoms with E-state index in [1.165, 1.54) is 29.5 Å². The fourth-order valence-corrected chi connectivity index (χ4v) is 2.73. The number of fused-ring (bicyclic) bond motifs is 1. The molecule has 0 spiro atoms. The van der Waals surface area contributed by atoms with Crippen LogP contribution in [0.2, 0.25) is 0 Å². The number of hydrogen-bond acceptors (Lipinski definition) is 2. The standard InChI is InChI=1S/C15H19NO/c1-11(6-7-17)12-2-3-13-9-16(15-4-5-15)10-14(13)8-12/h2-3,7-8,11,15H,4-6,9-10H2,1H3. The lowest BCUT2D eigenvalue weighted by Gasteiger charge is -2.12. The third kappa shape index (κ3) is 2.14. The Hall–Kier alpha value is -1.15. The van der Waals surface area contributed by atoms with Gasteiger partial charge in [0.15, 0.2) is 0 Å². The summed E-state index contributed by atoms with van der Waals surface area (Å²) < 4.78 is 0. The molecule has 1 unspecified atom stereocenters. The van der Waals surface area contributed by atoms with Crippen LogP contribution in [0, 0.1) is 0 Å². The molecule has 1 aromatic rings. The SMILES string of the molecule is CC(CC=O)c1ccc2c(c1)CN(C1CC1)C2. The molecule has 1 aliphatic heterocycles. The lowest BCUT2D eigenvalue weighted by molar-refractivity contribution is -0.108. The second kappa shape index (κ2) is 4.26. The maximum Gasteiger partial charge on any atom is 0.120 e. The number of carbonyl (C=O) groups excluding carboxylic acids is 1. The van der Waals surface area contributed by atoms with Gasteiger partial charge in [-0.3, -0.25) is 4.90 Å². The van der Waals surface area contributed by atoms with Crippen molar-refractivity contribution < 1.29 is 4.79 Å². The molecule has 0 amide bonds. The van der Waals surface area contributed by atoms with Crippen LogP contribution in [0.1, 0.15) is 48.8 Å². The molecule has 3 rings (SSSR count). The average molecular weight is 229 g/mol. The minimum absolute atomic E-state index is 0.354. The molecule has 2 heteroatoms. The highest BCUT2D eigenvalue weighted by Crippen LogP contribution is 2.35. The first-order chi connectivity index (χ1) is 8.28.